The molecule has 2 aromatic rings. The quantitative estimate of drug-likeness (QED) is 0.636. The highest BCUT2D eigenvalue weighted by Gasteiger charge is 2.48. The SMILES string of the molecule is COc1cc(F)cc(C(=O)NC2CCC(F)(S(=O)(=O)c3cccc(C(F)(F)F)c3)CC2)c1. The topological polar surface area (TPSA) is 72.5 Å². The summed E-state index contributed by atoms with van der Waals surface area (Å²) in [4.78, 5) is 11.6. The molecule has 0 bridgehead atoms. The number of hydrogen-bond donors (Lipinski definition) is 1. The zero-order valence-electron chi connectivity index (χ0n) is 16.9. The third-order valence-corrected chi connectivity index (χ3v) is 7.64. The van der Waals surface area contributed by atoms with E-state index in [-0.39, 0.29) is 24.2 Å². The van der Waals surface area contributed by atoms with Gasteiger partial charge in [0, 0.05) is 17.7 Å². The molecular formula is C21H20F5NO4S. The molecule has 5 nitrogen and oxygen atoms in total. The lowest BCUT2D eigenvalue weighted by molar-refractivity contribution is -0.137. The first-order valence-electron chi connectivity index (χ1n) is 9.62. The first kappa shape index (κ1) is 24.0. The molecule has 0 heterocycles. The first-order chi connectivity index (χ1) is 14.9. The fourth-order valence-electron chi connectivity index (χ4n) is 3.59. The Hall–Kier alpha value is -2.69. The summed E-state index contributed by atoms with van der Waals surface area (Å²) < 4.78 is 98.2. The van der Waals surface area contributed by atoms with E-state index >= 15 is 4.39 Å². The number of sulfone groups is 1. The van der Waals surface area contributed by atoms with E-state index in [9.17, 15) is 30.8 Å². The van der Waals surface area contributed by atoms with Crippen LogP contribution in [0.5, 0.6) is 5.75 Å². The van der Waals surface area contributed by atoms with Crippen molar-refractivity contribution in [1.82, 2.24) is 5.32 Å². The van der Waals surface area contributed by atoms with Crippen LogP contribution >= 0.6 is 0 Å². The van der Waals surface area contributed by atoms with E-state index in [1.165, 1.54) is 13.2 Å². The van der Waals surface area contributed by atoms with Crippen LogP contribution in [0.2, 0.25) is 0 Å². The molecule has 0 spiro atoms. The third-order valence-electron chi connectivity index (χ3n) is 5.39. The molecule has 1 amide bonds. The Morgan fingerprint density at radius 3 is 2.38 bits per heavy atom. The molecule has 0 aromatic heterocycles. The highest BCUT2D eigenvalue weighted by Crippen LogP contribution is 2.41. The Morgan fingerprint density at radius 2 is 1.78 bits per heavy atom. The standard InChI is InChI=1S/C21H20F5NO4S/c1-31-17-10-13(9-15(22)12-17)19(28)27-16-5-7-20(23,8-6-16)32(29,30)18-4-2-3-14(11-18)21(24,25)26/h2-4,9-12,16H,5-8H2,1H3,(H,27,28). The smallest absolute Gasteiger partial charge is 0.416 e. The van der Waals surface area contributed by atoms with Crippen molar-refractivity contribution in [3.8, 4) is 5.75 Å². The summed E-state index contributed by atoms with van der Waals surface area (Å²) in [7, 11) is -3.40. The van der Waals surface area contributed by atoms with Gasteiger partial charge in [-0.05, 0) is 56.0 Å². The van der Waals surface area contributed by atoms with Crippen molar-refractivity contribution in [3.05, 3.63) is 59.4 Å². The van der Waals surface area contributed by atoms with Crippen LogP contribution in [0.3, 0.4) is 0 Å². The minimum Gasteiger partial charge on any atom is -0.497 e. The number of nitrogens with one attached hydrogen (secondary N) is 1. The number of alkyl halides is 4. The van der Waals surface area contributed by atoms with E-state index in [4.69, 9.17) is 4.74 Å². The number of amides is 1. The van der Waals surface area contributed by atoms with E-state index in [0.29, 0.717) is 12.1 Å². The number of halogens is 5. The second-order valence-corrected chi connectivity index (χ2v) is 9.75. The lowest BCUT2D eigenvalue weighted by Gasteiger charge is -2.34. The van der Waals surface area contributed by atoms with Crippen molar-refractivity contribution in [3.63, 3.8) is 0 Å². The van der Waals surface area contributed by atoms with Gasteiger partial charge in [0.05, 0.1) is 17.6 Å². The summed E-state index contributed by atoms with van der Waals surface area (Å²) in [6.45, 7) is 0. The lowest BCUT2D eigenvalue weighted by atomic mass is 9.93. The molecule has 0 unspecified atom stereocenters. The maximum Gasteiger partial charge on any atom is 0.416 e. The predicted molar refractivity (Wildman–Crippen MR) is 105 cm³/mol. The number of hydrogen-bond acceptors (Lipinski definition) is 4. The number of methoxy groups -OCH3 is 1. The van der Waals surface area contributed by atoms with Gasteiger partial charge in [-0.15, -0.1) is 0 Å². The van der Waals surface area contributed by atoms with Gasteiger partial charge in [0.15, 0.2) is 0 Å². The van der Waals surface area contributed by atoms with Gasteiger partial charge in [0.2, 0.25) is 14.8 Å². The van der Waals surface area contributed by atoms with Crippen LogP contribution in [-0.2, 0) is 16.0 Å². The molecule has 1 N–H and O–H groups in total. The van der Waals surface area contributed by atoms with E-state index in [1.807, 2.05) is 0 Å². The summed E-state index contributed by atoms with van der Waals surface area (Å²) >= 11 is 0. The van der Waals surface area contributed by atoms with Crippen molar-refractivity contribution >= 4 is 15.7 Å². The zero-order valence-corrected chi connectivity index (χ0v) is 17.7. The number of carbonyl (C=O) groups is 1. The average Bonchev–Trinajstić information content (AvgIpc) is 2.74. The Kier molecular flexibility index (Phi) is 6.50. The maximum atomic E-state index is 15.4. The summed E-state index contributed by atoms with van der Waals surface area (Å²) in [5.74, 6) is -1.19. The minimum absolute atomic E-state index is 0.0180. The number of rotatable bonds is 5. The molecule has 1 aliphatic rings. The van der Waals surface area contributed by atoms with E-state index < -0.39 is 62.1 Å². The van der Waals surface area contributed by atoms with Gasteiger partial charge in [-0.3, -0.25) is 4.79 Å². The summed E-state index contributed by atoms with van der Waals surface area (Å²) in [5.41, 5.74) is -1.20. The summed E-state index contributed by atoms with van der Waals surface area (Å²) in [6, 6.07) is 5.79. The predicted octanol–water partition coefficient (Wildman–Crippen LogP) is 4.67. The monoisotopic (exact) mass is 477 g/mol. The Balaban J connectivity index is 1.71. The van der Waals surface area contributed by atoms with E-state index in [0.717, 1.165) is 24.3 Å². The molecule has 32 heavy (non-hydrogen) atoms. The van der Waals surface area contributed by atoms with Gasteiger partial charge in [-0.25, -0.2) is 17.2 Å². The highest BCUT2D eigenvalue weighted by atomic mass is 32.2. The molecule has 1 saturated carbocycles. The van der Waals surface area contributed by atoms with Crippen molar-refractivity contribution in [2.75, 3.05) is 7.11 Å². The second kappa shape index (κ2) is 8.68. The van der Waals surface area contributed by atoms with Gasteiger partial charge in [0.1, 0.15) is 11.6 Å². The molecule has 0 saturated heterocycles. The zero-order chi connectivity index (χ0) is 23.7. The van der Waals surface area contributed by atoms with E-state index in [1.54, 1.807) is 0 Å². The van der Waals surface area contributed by atoms with Crippen LogP contribution in [0.25, 0.3) is 0 Å². The van der Waals surface area contributed by atoms with Gasteiger partial charge >= 0.3 is 6.18 Å². The second-order valence-electron chi connectivity index (χ2n) is 7.54. The molecule has 2 aromatic carbocycles. The largest absolute Gasteiger partial charge is 0.497 e. The normalized spacial score (nSPS) is 21.8. The minimum atomic E-state index is -4.77. The summed E-state index contributed by atoms with van der Waals surface area (Å²) in [6.07, 6.45) is -5.91. The van der Waals surface area contributed by atoms with Crippen molar-refractivity contribution in [1.29, 1.82) is 0 Å². The third kappa shape index (κ3) is 4.87. The van der Waals surface area contributed by atoms with Crippen LogP contribution in [0.4, 0.5) is 22.0 Å². The van der Waals surface area contributed by atoms with Crippen LogP contribution in [0.1, 0.15) is 41.6 Å². The van der Waals surface area contributed by atoms with Crippen molar-refractivity contribution < 1.29 is 39.9 Å². The van der Waals surface area contributed by atoms with Crippen LogP contribution in [-0.4, -0.2) is 32.5 Å². The fraction of sp³-hybridized carbons (Fsp3) is 0.381. The van der Waals surface area contributed by atoms with Gasteiger partial charge in [-0.2, -0.15) is 13.2 Å². The van der Waals surface area contributed by atoms with E-state index in [2.05, 4.69) is 5.32 Å². The molecule has 0 aliphatic heterocycles. The van der Waals surface area contributed by atoms with Crippen LogP contribution in [0, 0.1) is 5.82 Å². The molecule has 174 valence electrons. The molecular weight excluding hydrogens is 457 g/mol. The van der Waals surface area contributed by atoms with Crippen molar-refractivity contribution in [2.45, 2.75) is 47.8 Å². The lowest BCUT2D eigenvalue weighted by Crippen LogP contribution is -2.45. The highest BCUT2D eigenvalue weighted by molar-refractivity contribution is 7.92. The Morgan fingerprint density at radius 1 is 1.12 bits per heavy atom. The van der Waals surface area contributed by atoms with Gasteiger partial charge in [0.25, 0.3) is 5.91 Å². The molecule has 1 fully saturated rings. The molecule has 0 atom stereocenters. The maximum absolute atomic E-state index is 15.4. The van der Waals surface area contributed by atoms with Gasteiger partial charge < -0.3 is 10.1 Å². The molecule has 0 radical (unpaired) electrons. The Bertz CT molecular complexity index is 1110. The number of benzene rings is 2. The number of ether oxygens (including phenoxy) is 1. The summed E-state index contributed by atoms with van der Waals surface area (Å²) in [5, 5.41) is -0.163. The average molecular weight is 477 g/mol. The van der Waals surface area contributed by atoms with Crippen LogP contribution < -0.4 is 10.1 Å². The first-order valence-corrected chi connectivity index (χ1v) is 11.1. The van der Waals surface area contributed by atoms with Crippen LogP contribution in [0.15, 0.2) is 47.4 Å². The van der Waals surface area contributed by atoms with Gasteiger partial charge in [-0.1, -0.05) is 6.07 Å². The fourth-order valence-corrected chi connectivity index (χ4v) is 5.33. The Labute approximate surface area is 181 Å². The molecule has 3 rings (SSSR count). The number of carbonyl (C=O) groups excluding carboxylic acids is 1. The molecule has 1 aliphatic carbocycles. The van der Waals surface area contributed by atoms with Crippen molar-refractivity contribution in [2.24, 2.45) is 0 Å². The molecule has 11 heteroatoms.